The number of nitrogens with one attached hydrogen (secondary N) is 2. The van der Waals surface area contributed by atoms with Crippen molar-refractivity contribution < 1.29 is 4.39 Å². The fourth-order valence-electron chi connectivity index (χ4n) is 1.84. The Hall–Kier alpha value is -0.880. The standard InChI is InChI=1S/C16H26FN3S2/c1-18-16(19-9-5-6-11-21-2)20-10-12-22-13-14-7-3-4-8-15(14)17/h3-4,7-8H,5-6,9-13H2,1-2H3,(H2,18,19,20). The van der Waals surface area contributed by atoms with Crippen LogP contribution in [0.4, 0.5) is 4.39 Å². The Bertz CT molecular complexity index is 441. The van der Waals surface area contributed by atoms with Crippen LogP contribution in [0.15, 0.2) is 29.3 Å². The van der Waals surface area contributed by atoms with Crippen molar-refractivity contribution in [2.75, 3.05) is 37.9 Å². The number of hydrogen-bond donors (Lipinski definition) is 2. The minimum atomic E-state index is -0.120. The smallest absolute Gasteiger partial charge is 0.191 e. The van der Waals surface area contributed by atoms with Gasteiger partial charge in [-0.15, -0.1) is 0 Å². The minimum Gasteiger partial charge on any atom is -0.356 e. The van der Waals surface area contributed by atoms with E-state index in [1.54, 1.807) is 24.9 Å². The van der Waals surface area contributed by atoms with Crippen molar-refractivity contribution in [1.29, 1.82) is 0 Å². The lowest BCUT2D eigenvalue weighted by molar-refractivity contribution is 0.617. The van der Waals surface area contributed by atoms with Crippen LogP contribution in [0.25, 0.3) is 0 Å². The second-order valence-corrected chi connectivity index (χ2v) is 6.86. The average molecular weight is 344 g/mol. The number of thioether (sulfide) groups is 2. The van der Waals surface area contributed by atoms with Crippen molar-refractivity contribution in [2.45, 2.75) is 18.6 Å². The summed E-state index contributed by atoms with van der Waals surface area (Å²) < 4.78 is 13.4. The molecule has 0 saturated heterocycles. The van der Waals surface area contributed by atoms with Crippen molar-refractivity contribution in [2.24, 2.45) is 4.99 Å². The third-order valence-corrected chi connectivity index (χ3v) is 4.75. The van der Waals surface area contributed by atoms with Crippen LogP contribution in [-0.2, 0) is 5.75 Å². The van der Waals surface area contributed by atoms with Crippen molar-refractivity contribution in [1.82, 2.24) is 10.6 Å². The highest BCUT2D eigenvalue weighted by atomic mass is 32.2. The van der Waals surface area contributed by atoms with Gasteiger partial charge in [0.05, 0.1) is 0 Å². The van der Waals surface area contributed by atoms with Crippen molar-refractivity contribution >= 4 is 29.5 Å². The molecule has 0 aliphatic rings. The summed E-state index contributed by atoms with van der Waals surface area (Å²) >= 11 is 3.60. The normalized spacial score (nSPS) is 11.5. The van der Waals surface area contributed by atoms with Crippen LogP contribution in [0.5, 0.6) is 0 Å². The van der Waals surface area contributed by atoms with Gasteiger partial charge in [-0.1, -0.05) is 18.2 Å². The van der Waals surface area contributed by atoms with Gasteiger partial charge in [-0.25, -0.2) is 4.39 Å². The Balaban J connectivity index is 2.08. The SMILES string of the molecule is CN=C(NCCCCSC)NCCSCc1ccccc1F. The highest BCUT2D eigenvalue weighted by Gasteiger charge is 2.01. The van der Waals surface area contributed by atoms with Gasteiger partial charge < -0.3 is 10.6 Å². The second kappa shape index (κ2) is 12.6. The van der Waals surface area contributed by atoms with Crippen molar-refractivity contribution in [3.63, 3.8) is 0 Å². The van der Waals surface area contributed by atoms with Crippen molar-refractivity contribution in [3.8, 4) is 0 Å². The molecule has 124 valence electrons. The summed E-state index contributed by atoms with van der Waals surface area (Å²) in [5.74, 6) is 3.55. The molecule has 1 rings (SSSR count). The van der Waals surface area contributed by atoms with Gasteiger partial charge in [0, 0.05) is 31.6 Å². The molecule has 0 amide bonds. The van der Waals surface area contributed by atoms with E-state index in [1.165, 1.54) is 18.2 Å². The Kier molecular flexibility index (Phi) is 11.0. The first-order valence-corrected chi connectivity index (χ1v) is 10.1. The molecule has 0 fully saturated rings. The van der Waals surface area contributed by atoms with Gasteiger partial charge in [0.1, 0.15) is 5.82 Å². The van der Waals surface area contributed by atoms with E-state index in [2.05, 4.69) is 21.9 Å². The van der Waals surface area contributed by atoms with Crippen molar-refractivity contribution in [3.05, 3.63) is 35.6 Å². The van der Waals surface area contributed by atoms with Crippen LogP contribution in [0.2, 0.25) is 0 Å². The number of benzene rings is 1. The molecule has 0 aliphatic heterocycles. The molecule has 0 aliphatic carbocycles. The predicted molar refractivity (Wildman–Crippen MR) is 99.5 cm³/mol. The quantitative estimate of drug-likeness (QED) is 0.388. The average Bonchev–Trinajstić information content (AvgIpc) is 2.54. The lowest BCUT2D eigenvalue weighted by Gasteiger charge is -2.11. The number of nitrogens with zero attached hydrogens (tertiary/aromatic N) is 1. The fraction of sp³-hybridized carbons (Fsp3) is 0.562. The Labute approximate surface area is 141 Å². The highest BCUT2D eigenvalue weighted by molar-refractivity contribution is 7.98. The molecule has 6 heteroatoms. The first-order chi connectivity index (χ1) is 10.8. The maximum Gasteiger partial charge on any atom is 0.191 e. The molecule has 0 spiro atoms. The third-order valence-electron chi connectivity index (χ3n) is 3.05. The molecule has 0 unspecified atom stereocenters. The molecular formula is C16H26FN3S2. The summed E-state index contributed by atoms with van der Waals surface area (Å²) in [7, 11) is 1.78. The summed E-state index contributed by atoms with van der Waals surface area (Å²) in [6.07, 6.45) is 4.51. The largest absolute Gasteiger partial charge is 0.356 e. The number of unbranched alkanes of at least 4 members (excludes halogenated alkanes) is 1. The zero-order valence-corrected chi connectivity index (χ0v) is 15.0. The van der Waals surface area contributed by atoms with E-state index in [4.69, 9.17) is 0 Å². The molecule has 2 N–H and O–H groups in total. The number of hydrogen-bond acceptors (Lipinski definition) is 3. The van der Waals surface area contributed by atoms with E-state index >= 15 is 0 Å². The molecule has 1 aromatic rings. The van der Waals surface area contributed by atoms with Crippen LogP contribution >= 0.6 is 23.5 Å². The summed E-state index contributed by atoms with van der Waals surface area (Å²) in [6.45, 7) is 1.77. The second-order valence-electron chi connectivity index (χ2n) is 4.77. The molecule has 3 nitrogen and oxygen atoms in total. The lowest BCUT2D eigenvalue weighted by Crippen LogP contribution is -2.38. The van der Waals surface area contributed by atoms with Gasteiger partial charge >= 0.3 is 0 Å². The maximum absolute atomic E-state index is 13.4. The summed E-state index contributed by atoms with van der Waals surface area (Å²) in [5.41, 5.74) is 0.767. The summed E-state index contributed by atoms with van der Waals surface area (Å²) in [4.78, 5) is 4.20. The van der Waals surface area contributed by atoms with Crippen LogP contribution in [-0.4, -0.2) is 43.9 Å². The van der Waals surface area contributed by atoms with Gasteiger partial charge in [-0.05, 0) is 36.5 Å². The number of guanidine groups is 1. The van der Waals surface area contributed by atoms with E-state index < -0.39 is 0 Å². The molecule has 0 aromatic heterocycles. The number of halogens is 1. The monoisotopic (exact) mass is 343 g/mol. The molecule has 0 bridgehead atoms. The molecule has 0 saturated carbocycles. The molecule has 1 aromatic carbocycles. The molecule has 0 radical (unpaired) electrons. The summed E-state index contributed by atoms with van der Waals surface area (Å²) in [5, 5.41) is 6.59. The van der Waals surface area contributed by atoms with Gasteiger partial charge in [0.15, 0.2) is 5.96 Å². The molecule has 22 heavy (non-hydrogen) atoms. The van der Waals surface area contributed by atoms with Gasteiger partial charge in [-0.3, -0.25) is 4.99 Å². The van der Waals surface area contributed by atoms with Crippen LogP contribution in [0.3, 0.4) is 0 Å². The number of rotatable bonds is 10. The zero-order valence-electron chi connectivity index (χ0n) is 13.4. The lowest BCUT2D eigenvalue weighted by atomic mass is 10.2. The van der Waals surface area contributed by atoms with Crippen LogP contribution in [0.1, 0.15) is 18.4 Å². The van der Waals surface area contributed by atoms with E-state index in [0.29, 0.717) is 5.75 Å². The Morgan fingerprint density at radius 1 is 1.14 bits per heavy atom. The van der Waals surface area contributed by atoms with Crippen LogP contribution < -0.4 is 10.6 Å². The molecule has 0 heterocycles. The van der Waals surface area contributed by atoms with Gasteiger partial charge in [-0.2, -0.15) is 23.5 Å². The topological polar surface area (TPSA) is 36.4 Å². The Morgan fingerprint density at radius 2 is 1.91 bits per heavy atom. The summed E-state index contributed by atoms with van der Waals surface area (Å²) in [6, 6.07) is 6.95. The predicted octanol–water partition coefficient (Wildman–Crippen LogP) is 3.37. The highest BCUT2D eigenvalue weighted by Crippen LogP contribution is 2.14. The molecular weight excluding hydrogens is 317 g/mol. The Morgan fingerprint density at radius 3 is 2.64 bits per heavy atom. The first kappa shape index (κ1) is 19.2. The van der Waals surface area contributed by atoms with Gasteiger partial charge in [0.25, 0.3) is 0 Å². The van der Waals surface area contributed by atoms with Gasteiger partial charge in [0.2, 0.25) is 0 Å². The fourth-order valence-corrected chi connectivity index (χ4v) is 3.18. The number of aliphatic imine (C=N–C) groups is 1. The van der Waals surface area contributed by atoms with E-state index in [9.17, 15) is 4.39 Å². The molecule has 0 atom stereocenters. The van der Waals surface area contributed by atoms with Crippen LogP contribution in [0, 0.1) is 5.82 Å². The zero-order chi connectivity index (χ0) is 16.0. The van der Waals surface area contributed by atoms with E-state index in [-0.39, 0.29) is 5.82 Å². The van der Waals surface area contributed by atoms with E-state index in [1.807, 2.05) is 23.9 Å². The first-order valence-electron chi connectivity index (χ1n) is 7.52. The maximum atomic E-state index is 13.4. The minimum absolute atomic E-state index is 0.120. The van der Waals surface area contributed by atoms with E-state index in [0.717, 1.165) is 36.8 Å². The third kappa shape index (κ3) is 8.54.